The highest BCUT2D eigenvalue weighted by atomic mass is 32.2. The fraction of sp³-hybridized carbons (Fsp3) is 0.238. The van der Waals surface area contributed by atoms with Gasteiger partial charge in [-0.15, -0.1) is 0 Å². The quantitative estimate of drug-likeness (QED) is 0.653. The first-order valence-corrected chi connectivity index (χ1v) is 10.9. The molecule has 1 aliphatic rings. The third kappa shape index (κ3) is 4.62. The summed E-state index contributed by atoms with van der Waals surface area (Å²) in [7, 11) is -2.61. The molecule has 1 heterocycles. The van der Waals surface area contributed by atoms with Crippen molar-refractivity contribution in [3.05, 3.63) is 71.4 Å². The highest BCUT2D eigenvalue weighted by Gasteiger charge is 2.35. The van der Waals surface area contributed by atoms with Crippen LogP contribution in [0.4, 0.5) is 4.79 Å². The molecule has 0 saturated heterocycles. The monoisotopic (exact) mass is 430 g/mol. The van der Waals surface area contributed by atoms with Gasteiger partial charge < -0.3 is 20.1 Å². The SMILES string of the molecule is CCOc1ccc([C@@H]2NC(=O)NC(CS(=O)(=O)c3ccccc3)=C2C(=O)OC)cc1. The minimum absolute atomic E-state index is 0.0201. The van der Waals surface area contributed by atoms with E-state index >= 15 is 0 Å². The number of carbonyl (C=O) groups is 2. The minimum Gasteiger partial charge on any atom is -0.494 e. The van der Waals surface area contributed by atoms with Gasteiger partial charge in [0.2, 0.25) is 0 Å². The van der Waals surface area contributed by atoms with Crippen LogP contribution in [-0.2, 0) is 19.4 Å². The van der Waals surface area contributed by atoms with Crippen LogP contribution in [-0.4, -0.2) is 39.9 Å². The average molecular weight is 430 g/mol. The average Bonchev–Trinajstić information content (AvgIpc) is 2.74. The number of hydrogen-bond acceptors (Lipinski definition) is 6. The molecule has 2 amide bonds. The number of benzene rings is 2. The predicted octanol–water partition coefficient (Wildman–Crippen LogP) is 2.34. The van der Waals surface area contributed by atoms with Crippen molar-refractivity contribution in [3.63, 3.8) is 0 Å². The Balaban J connectivity index is 2.04. The molecule has 0 bridgehead atoms. The van der Waals surface area contributed by atoms with Crippen LogP contribution in [0.3, 0.4) is 0 Å². The number of rotatable bonds is 7. The van der Waals surface area contributed by atoms with E-state index in [2.05, 4.69) is 10.6 Å². The molecule has 8 nitrogen and oxygen atoms in total. The van der Waals surface area contributed by atoms with E-state index in [-0.39, 0.29) is 16.2 Å². The van der Waals surface area contributed by atoms with Crippen LogP contribution in [0.25, 0.3) is 0 Å². The number of methoxy groups -OCH3 is 1. The molecular formula is C21H22N2O6S. The van der Waals surface area contributed by atoms with E-state index in [4.69, 9.17) is 9.47 Å². The van der Waals surface area contributed by atoms with E-state index in [1.165, 1.54) is 19.2 Å². The lowest BCUT2D eigenvalue weighted by Crippen LogP contribution is -2.47. The molecule has 0 fully saturated rings. The number of urea groups is 1. The van der Waals surface area contributed by atoms with Crippen molar-refractivity contribution < 1.29 is 27.5 Å². The molecule has 158 valence electrons. The Kier molecular flexibility index (Phi) is 6.41. The number of esters is 1. The second kappa shape index (κ2) is 9.00. The summed E-state index contributed by atoms with van der Waals surface area (Å²) >= 11 is 0. The number of sulfone groups is 1. The van der Waals surface area contributed by atoms with Crippen LogP contribution in [0.15, 0.2) is 70.8 Å². The molecular weight excluding hydrogens is 408 g/mol. The van der Waals surface area contributed by atoms with Crippen LogP contribution in [0.5, 0.6) is 5.75 Å². The number of ether oxygens (including phenoxy) is 2. The van der Waals surface area contributed by atoms with Gasteiger partial charge in [0, 0.05) is 5.70 Å². The Bertz CT molecular complexity index is 1060. The molecule has 30 heavy (non-hydrogen) atoms. The van der Waals surface area contributed by atoms with Crippen LogP contribution in [0.1, 0.15) is 18.5 Å². The van der Waals surface area contributed by atoms with Crippen molar-refractivity contribution in [1.29, 1.82) is 0 Å². The Morgan fingerprint density at radius 1 is 1.07 bits per heavy atom. The molecule has 0 unspecified atom stereocenters. The van der Waals surface area contributed by atoms with E-state index in [1.807, 2.05) is 6.92 Å². The zero-order valence-electron chi connectivity index (χ0n) is 16.5. The summed E-state index contributed by atoms with van der Waals surface area (Å²) < 4.78 is 36.0. The lowest BCUT2D eigenvalue weighted by molar-refractivity contribution is -0.136. The third-order valence-electron chi connectivity index (χ3n) is 4.52. The highest BCUT2D eigenvalue weighted by molar-refractivity contribution is 7.91. The minimum atomic E-state index is -3.81. The Morgan fingerprint density at radius 2 is 1.73 bits per heavy atom. The maximum Gasteiger partial charge on any atom is 0.338 e. The second-order valence-electron chi connectivity index (χ2n) is 6.49. The van der Waals surface area contributed by atoms with Gasteiger partial charge in [0.05, 0.1) is 36.0 Å². The van der Waals surface area contributed by atoms with Gasteiger partial charge in [-0.25, -0.2) is 18.0 Å². The van der Waals surface area contributed by atoms with Gasteiger partial charge in [0.1, 0.15) is 5.75 Å². The zero-order valence-corrected chi connectivity index (χ0v) is 17.4. The summed E-state index contributed by atoms with van der Waals surface area (Å²) in [4.78, 5) is 24.9. The van der Waals surface area contributed by atoms with Crippen molar-refractivity contribution in [1.82, 2.24) is 10.6 Å². The van der Waals surface area contributed by atoms with E-state index in [0.717, 1.165) is 0 Å². The van der Waals surface area contributed by atoms with Crippen molar-refractivity contribution in [2.24, 2.45) is 0 Å². The van der Waals surface area contributed by atoms with Gasteiger partial charge in [0.25, 0.3) is 0 Å². The van der Waals surface area contributed by atoms with Crippen molar-refractivity contribution >= 4 is 21.8 Å². The maximum absolute atomic E-state index is 12.8. The molecule has 1 atom stereocenters. The maximum atomic E-state index is 12.8. The molecule has 0 spiro atoms. The molecule has 0 aliphatic carbocycles. The summed E-state index contributed by atoms with van der Waals surface area (Å²) in [5.74, 6) is -0.654. The second-order valence-corrected chi connectivity index (χ2v) is 8.48. The van der Waals surface area contributed by atoms with Crippen LogP contribution < -0.4 is 15.4 Å². The lowest BCUT2D eigenvalue weighted by Gasteiger charge is -2.29. The Labute approximate surface area is 174 Å². The number of carbonyl (C=O) groups excluding carboxylic acids is 2. The largest absolute Gasteiger partial charge is 0.494 e. The standard InChI is InChI=1S/C21H22N2O6S/c1-3-29-15-11-9-14(10-12-15)19-18(20(24)28-2)17(22-21(25)23-19)13-30(26,27)16-7-5-4-6-8-16/h4-12,19H,3,13H2,1-2H3,(H2,22,23,25)/t19-/m0/s1. The first-order chi connectivity index (χ1) is 14.4. The summed E-state index contributed by atoms with van der Waals surface area (Å²) in [6.45, 7) is 2.36. The van der Waals surface area contributed by atoms with Gasteiger partial charge in [-0.2, -0.15) is 0 Å². The molecule has 2 aromatic rings. The molecule has 0 saturated carbocycles. The van der Waals surface area contributed by atoms with Crippen LogP contribution in [0, 0.1) is 0 Å². The van der Waals surface area contributed by atoms with Gasteiger partial charge >= 0.3 is 12.0 Å². The summed E-state index contributed by atoms with van der Waals surface area (Å²) in [5.41, 5.74) is 0.595. The van der Waals surface area contributed by atoms with E-state index in [0.29, 0.717) is 17.9 Å². The Morgan fingerprint density at radius 3 is 2.33 bits per heavy atom. The molecule has 1 aliphatic heterocycles. The third-order valence-corrected chi connectivity index (χ3v) is 6.18. The van der Waals surface area contributed by atoms with E-state index in [1.54, 1.807) is 42.5 Å². The smallest absolute Gasteiger partial charge is 0.338 e. The summed E-state index contributed by atoms with van der Waals surface area (Å²) in [6.07, 6.45) is 0. The van der Waals surface area contributed by atoms with Crippen molar-refractivity contribution in [2.45, 2.75) is 17.9 Å². The fourth-order valence-corrected chi connectivity index (χ4v) is 4.50. The molecule has 2 aromatic carbocycles. The van der Waals surface area contributed by atoms with E-state index < -0.39 is 33.6 Å². The lowest BCUT2D eigenvalue weighted by atomic mass is 9.95. The summed E-state index contributed by atoms with van der Waals surface area (Å²) in [5, 5.41) is 5.12. The fourth-order valence-electron chi connectivity index (χ4n) is 3.16. The van der Waals surface area contributed by atoms with Crippen molar-refractivity contribution in [2.75, 3.05) is 19.5 Å². The van der Waals surface area contributed by atoms with Crippen LogP contribution >= 0.6 is 0 Å². The van der Waals surface area contributed by atoms with Gasteiger partial charge in [-0.3, -0.25) is 0 Å². The van der Waals surface area contributed by atoms with Crippen LogP contribution in [0.2, 0.25) is 0 Å². The number of nitrogens with one attached hydrogen (secondary N) is 2. The van der Waals surface area contributed by atoms with Crippen molar-refractivity contribution in [3.8, 4) is 5.75 Å². The highest BCUT2D eigenvalue weighted by Crippen LogP contribution is 2.30. The first kappa shape index (κ1) is 21.4. The van der Waals surface area contributed by atoms with E-state index in [9.17, 15) is 18.0 Å². The molecule has 9 heteroatoms. The van der Waals surface area contributed by atoms with Gasteiger partial charge in [0.15, 0.2) is 9.84 Å². The predicted molar refractivity (Wildman–Crippen MR) is 110 cm³/mol. The first-order valence-electron chi connectivity index (χ1n) is 9.25. The zero-order chi connectivity index (χ0) is 21.7. The molecule has 0 radical (unpaired) electrons. The number of amides is 2. The Hall–Kier alpha value is -3.33. The molecule has 2 N–H and O–H groups in total. The molecule has 0 aromatic heterocycles. The number of hydrogen-bond donors (Lipinski definition) is 2. The molecule has 3 rings (SSSR count). The topological polar surface area (TPSA) is 111 Å². The summed E-state index contributed by atoms with van der Waals surface area (Å²) in [6, 6.07) is 13.2. The van der Waals surface area contributed by atoms with Gasteiger partial charge in [-0.05, 0) is 36.8 Å². The normalized spacial score (nSPS) is 16.5. The van der Waals surface area contributed by atoms with Gasteiger partial charge in [-0.1, -0.05) is 30.3 Å².